The number of likely N-dealkylation sites (tertiary alicyclic amines) is 1. The van der Waals surface area contributed by atoms with Crippen LogP contribution in [0.5, 0.6) is 11.5 Å². The lowest BCUT2D eigenvalue weighted by atomic mass is 10.0. The Kier molecular flexibility index (Phi) is 4.71. The number of fused-ring (bicyclic) bond motifs is 1. The van der Waals surface area contributed by atoms with E-state index >= 15 is 0 Å². The Hall–Kier alpha value is -2.52. The summed E-state index contributed by atoms with van der Waals surface area (Å²) in [5.74, 6) is 0.802. The monoisotopic (exact) mass is 403 g/mol. The van der Waals surface area contributed by atoms with Crippen LogP contribution in [0.3, 0.4) is 0 Å². The van der Waals surface area contributed by atoms with Gasteiger partial charge in [0.1, 0.15) is 19.8 Å². The summed E-state index contributed by atoms with van der Waals surface area (Å²) in [5, 5.41) is 0. The van der Waals surface area contributed by atoms with Crippen molar-refractivity contribution in [2.75, 3.05) is 64.1 Å². The van der Waals surface area contributed by atoms with E-state index in [2.05, 4.69) is 0 Å². The summed E-state index contributed by atoms with van der Waals surface area (Å²) in [6, 6.07) is 5.33. The van der Waals surface area contributed by atoms with Crippen LogP contribution in [0.15, 0.2) is 18.2 Å². The smallest absolute Gasteiger partial charge is 0.325 e. The van der Waals surface area contributed by atoms with E-state index in [4.69, 9.17) is 18.9 Å². The summed E-state index contributed by atoms with van der Waals surface area (Å²) in [6.07, 6.45) is 1.35. The summed E-state index contributed by atoms with van der Waals surface area (Å²) in [7, 11) is 0. The fourth-order valence-corrected chi connectivity index (χ4v) is 4.31. The Morgan fingerprint density at radius 2 is 1.66 bits per heavy atom. The summed E-state index contributed by atoms with van der Waals surface area (Å²) >= 11 is 0. The molecule has 9 heteroatoms. The molecule has 0 bridgehead atoms. The molecule has 29 heavy (non-hydrogen) atoms. The average molecular weight is 403 g/mol. The van der Waals surface area contributed by atoms with Crippen molar-refractivity contribution in [1.29, 1.82) is 0 Å². The van der Waals surface area contributed by atoms with Crippen molar-refractivity contribution in [3.8, 4) is 11.5 Å². The molecule has 0 aliphatic carbocycles. The van der Waals surface area contributed by atoms with Crippen molar-refractivity contribution in [2.24, 2.45) is 0 Å². The van der Waals surface area contributed by atoms with Crippen molar-refractivity contribution >= 4 is 17.6 Å². The molecule has 3 amide bonds. The van der Waals surface area contributed by atoms with Gasteiger partial charge in [0.05, 0.1) is 13.2 Å². The minimum absolute atomic E-state index is 0.0322. The van der Waals surface area contributed by atoms with E-state index in [9.17, 15) is 9.59 Å². The van der Waals surface area contributed by atoms with E-state index in [-0.39, 0.29) is 18.5 Å². The van der Waals surface area contributed by atoms with Crippen LogP contribution in [0.25, 0.3) is 0 Å². The number of ether oxygens (including phenoxy) is 4. The highest BCUT2D eigenvalue weighted by Gasteiger charge is 2.41. The largest absolute Gasteiger partial charge is 0.486 e. The quantitative estimate of drug-likeness (QED) is 0.751. The molecule has 4 aliphatic rings. The molecule has 4 aliphatic heterocycles. The second kappa shape index (κ2) is 7.38. The van der Waals surface area contributed by atoms with E-state index in [0.29, 0.717) is 76.9 Å². The number of rotatable bonds is 3. The molecule has 0 unspecified atom stereocenters. The van der Waals surface area contributed by atoms with Gasteiger partial charge in [-0.05, 0) is 12.1 Å². The van der Waals surface area contributed by atoms with Gasteiger partial charge < -0.3 is 28.7 Å². The third-order valence-corrected chi connectivity index (χ3v) is 5.95. The van der Waals surface area contributed by atoms with E-state index in [1.54, 1.807) is 14.7 Å². The number of piperidine rings is 1. The van der Waals surface area contributed by atoms with E-state index in [0.717, 1.165) is 5.69 Å². The minimum Gasteiger partial charge on any atom is -0.486 e. The van der Waals surface area contributed by atoms with E-state index in [1.165, 1.54) is 0 Å². The molecule has 0 atom stereocenters. The molecular weight excluding hydrogens is 378 g/mol. The molecule has 3 saturated heterocycles. The molecule has 0 radical (unpaired) electrons. The van der Waals surface area contributed by atoms with Crippen LogP contribution in [-0.4, -0.2) is 86.7 Å². The second-order valence-electron chi connectivity index (χ2n) is 7.67. The van der Waals surface area contributed by atoms with Gasteiger partial charge in [0.15, 0.2) is 17.3 Å². The Morgan fingerprint density at radius 3 is 2.41 bits per heavy atom. The fraction of sp³-hybridized carbons (Fsp3) is 0.600. The molecule has 5 rings (SSSR count). The van der Waals surface area contributed by atoms with Gasteiger partial charge >= 0.3 is 6.03 Å². The van der Waals surface area contributed by atoms with Crippen molar-refractivity contribution < 1.29 is 28.5 Å². The first kappa shape index (κ1) is 18.5. The number of hydrogen-bond acceptors (Lipinski definition) is 6. The molecule has 0 aromatic heterocycles. The molecule has 1 aromatic rings. The number of carbonyl (C=O) groups excluding carboxylic acids is 2. The van der Waals surface area contributed by atoms with Crippen LogP contribution in [-0.2, 0) is 14.3 Å². The van der Waals surface area contributed by atoms with Crippen LogP contribution < -0.4 is 14.4 Å². The molecule has 1 spiro atoms. The summed E-state index contributed by atoms with van der Waals surface area (Å²) < 4.78 is 22.6. The first-order chi connectivity index (χ1) is 14.1. The SMILES string of the molecule is O=C(CN1CCN(c2ccc3c(c2)OCCO3)C1=O)N1CCC2(CC1)OCCO2. The third kappa shape index (κ3) is 3.49. The van der Waals surface area contributed by atoms with Crippen molar-refractivity contribution in [2.45, 2.75) is 18.6 Å². The van der Waals surface area contributed by atoms with E-state index < -0.39 is 5.79 Å². The second-order valence-corrected chi connectivity index (χ2v) is 7.67. The Bertz CT molecular complexity index is 799. The van der Waals surface area contributed by atoms with Gasteiger partial charge in [-0.2, -0.15) is 0 Å². The molecule has 4 heterocycles. The molecular formula is C20H25N3O6. The topological polar surface area (TPSA) is 80.8 Å². The number of anilines is 1. The van der Waals surface area contributed by atoms with Gasteiger partial charge in [-0.15, -0.1) is 0 Å². The Balaban J connectivity index is 1.19. The van der Waals surface area contributed by atoms with Crippen LogP contribution >= 0.6 is 0 Å². The maximum Gasteiger partial charge on any atom is 0.325 e. The first-order valence-electron chi connectivity index (χ1n) is 10.2. The molecule has 0 N–H and O–H groups in total. The van der Waals surface area contributed by atoms with Gasteiger partial charge in [0, 0.05) is 50.8 Å². The third-order valence-electron chi connectivity index (χ3n) is 5.95. The summed E-state index contributed by atoms with van der Waals surface area (Å²) in [5.41, 5.74) is 0.754. The summed E-state index contributed by atoms with van der Waals surface area (Å²) in [6.45, 7) is 4.59. The number of carbonyl (C=O) groups is 2. The normalized spacial score (nSPS) is 23.2. The van der Waals surface area contributed by atoms with Crippen LogP contribution in [0.2, 0.25) is 0 Å². The number of hydrogen-bond donors (Lipinski definition) is 0. The highest BCUT2D eigenvalue weighted by atomic mass is 16.7. The van der Waals surface area contributed by atoms with Gasteiger partial charge in [0.25, 0.3) is 0 Å². The highest BCUT2D eigenvalue weighted by Crippen LogP contribution is 2.35. The molecule has 156 valence electrons. The van der Waals surface area contributed by atoms with Crippen LogP contribution in [0.4, 0.5) is 10.5 Å². The predicted octanol–water partition coefficient (Wildman–Crippen LogP) is 1.07. The molecule has 9 nitrogen and oxygen atoms in total. The number of amides is 3. The highest BCUT2D eigenvalue weighted by molar-refractivity contribution is 5.96. The van der Waals surface area contributed by atoms with Gasteiger partial charge in [-0.25, -0.2) is 4.79 Å². The van der Waals surface area contributed by atoms with Gasteiger partial charge in [-0.3, -0.25) is 9.69 Å². The van der Waals surface area contributed by atoms with Crippen LogP contribution in [0.1, 0.15) is 12.8 Å². The number of urea groups is 1. The number of benzene rings is 1. The average Bonchev–Trinajstić information content (AvgIpc) is 3.35. The standard InChI is InChI=1S/C20H25N3O6/c24-18(21-5-3-20(4-6-21)28-11-12-29-20)14-22-7-8-23(19(22)25)15-1-2-16-17(13-15)27-10-9-26-16/h1-2,13H,3-12,14H2. The molecule has 1 aromatic carbocycles. The zero-order chi connectivity index (χ0) is 19.8. The minimum atomic E-state index is -0.505. The zero-order valence-electron chi connectivity index (χ0n) is 16.3. The molecule has 0 saturated carbocycles. The van der Waals surface area contributed by atoms with Gasteiger partial charge in [0.2, 0.25) is 5.91 Å². The fourth-order valence-electron chi connectivity index (χ4n) is 4.31. The lowest BCUT2D eigenvalue weighted by Crippen LogP contribution is -2.50. The van der Waals surface area contributed by atoms with Crippen LogP contribution in [0, 0.1) is 0 Å². The van der Waals surface area contributed by atoms with E-state index in [1.807, 2.05) is 18.2 Å². The van der Waals surface area contributed by atoms with Gasteiger partial charge in [-0.1, -0.05) is 0 Å². The predicted molar refractivity (Wildman–Crippen MR) is 102 cm³/mol. The lowest BCUT2D eigenvalue weighted by Gasteiger charge is -2.38. The Labute approximate surface area is 169 Å². The maximum atomic E-state index is 12.9. The zero-order valence-corrected chi connectivity index (χ0v) is 16.3. The maximum absolute atomic E-state index is 12.9. The Morgan fingerprint density at radius 1 is 0.931 bits per heavy atom. The summed E-state index contributed by atoms with van der Waals surface area (Å²) in [4.78, 5) is 30.7. The van der Waals surface area contributed by atoms with Crippen molar-refractivity contribution in [3.05, 3.63) is 18.2 Å². The number of nitrogens with zero attached hydrogens (tertiary/aromatic N) is 3. The van der Waals surface area contributed by atoms with Crippen molar-refractivity contribution in [1.82, 2.24) is 9.80 Å². The first-order valence-corrected chi connectivity index (χ1v) is 10.2. The molecule has 3 fully saturated rings. The lowest BCUT2D eigenvalue weighted by molar-refractivity contribution is -0.187. The van der Waals surface area contributed by atoms with Crippen molar-refractivity contribution in [3.63, 3.8) is 0 Å².